The summed E-state index contributed by atoms with van der Waals surface area (Å²) in [5.41, 5.74) is 1.92. The predicted octanol–water partition coefficient (Wildman–Crippen LogP) is 2.74. The maximum atomic E-state index is 13.1. The molecular formula is C16H15N3O2S2. The van der Waals surface area contributed by atoms with Crippen LogP contribution in [0.1, 0.15) is 17.3 Å². The largest absolute Gasteiger partial charge is 0.348 e. The van der Waals surface area contributed by atoms with Crippen LogP contribution in [-0.2, 0) is 16.6 Å². The highest BCUT2D eigenvalue weighted by atomic mass is 32.2. The molecule has 0 aliphatic carbocycles. The first-order chi connectivity index (χ1) is 11.2. The molecule has 0 bridgehead atoms. The van der Waals surface area contributed by atoms with Gasteiger partial charge in [-0.25, -0.2) is 8.42 Å². The Morgan fingerprint density at radius 3 is 2.65 bits per heavy atom. The van der Waals surface area contributed by atoms with Crippen molar-refractivity contribution in [3.8, 4) is 0 Å². The Balaban J connectivity index is 1.86. The van der Waals surface area contributed by atoms with E-state index in [1.807, 2.05) is 30.5 Å². The Morgan fingerprint density at radius 1 is 1.09 bits per heavy atom. The van der Waals surface area contributed by atoms with E-state index in [1.165, 1.54) is 11.3 Å². The lowest BCUT2D eigenvalue weighted by Crippen LogP contribution is -2.42. The van der Waals surface area contributed by atoms with Gasteiger partial charge < -0.3 is 4.57 Å². The summed E-state index contributed by atoms with van der Waals surface area (Å²) in [6.07, 6.45) is 5.40. The molecule has 23 heavy (non-hydrogen) atoms. The molecule has 0 aromatic carbocycles. The van der Waals surface area contributed by atoms with Crippen LogP contribution in [0.3, 0.4) is 0 Å². The third kappa shape index (κ3) is 2.41. The standard InChI is InChI=1S/C16H15N3O2S2/c20-23(21,15-4-2-12-22-15)19-11-10-18-9-1-3-14(18)16(19)13-5-7-17-8-6-13/h1-9,12,16H,10-11H2. The first kappa shape index (κ1) is 14.6. The van der Waals surface area contributed by atoms with Gasteiger partial charge in [0.05, 0.1) is 6.04 Å². The molecule has 118 valence electrons. The monoisotopic (exact) mass is 345 g/mol. The fourth-order valence-corrected chi connectivity index (χ4v) is 5.73. The maximum Gasteiger partial charge on any atom is 0.253 e. The predicted molar refractivity (Wildman–Crippen MR) is 88.7 cm³/mol. The second-order valence-corrected chi connectivity index (χ2v) is 8.42. The van der Waals surface area contributed by atoms with Gasteiger partial charge >= 0.3 is 0 Å². The fraction of sp³-hybridized carbons (Fsp3) is 0.188. The molecule has 0 saturated carbocycles. The molecule has 5 nitrogen and oxygen atoms in total. The fourth-order valence-electron chi connectivity index (χ4n) is 3.03. The van der Waals surface area contributed by atoms with Gasteiger partial charge in [0.2, 0.25) is 0 Å². The van der Waals surface area contributed by atoms with E-state index in [1.54, 1.807) is 34.2 Å². The number of aromatic nitrogens is 2. The van der Waals surface area contributed by atoms with Crippen molar-refractivity contribution >= 4 is 21.4 Å². The van der Waals surface area contributed by atoms with Gasteiger partial charge in [-0.15, -0.1) is 11.3 Å². The van der Waals surface area contributed by atoms with E-state index < -0.39 is 10.0 Å². The molecule has 1 unspecified atom stereocenters. The van der Waals surface area contributed by atoms with Crippen molar-refractivity contribution in [1.29, 1.82) is 0 Å². The van der Waals surface area contributed by atoms with Crippen LogP contribution in [0.15, 0.2) is 64.6 Å². The molecule has 0 N–H and O–H groups in total. The van der Waals surface area contributed by atoms with Crippen LogP contribution in [0.4, 0.5) is 0 Å². The van der Waals surface area contributed by atoms with Crippen LogP contribution in [0.2, 0.25) is 0 Å². The van der Waals surface area contributed by atoms with E-state index in [0.717, 1.165) is 11.3 Å². The lowest BCUT2D eigenvalue weighted by Gasteiger charge is -2.35. The number of pyridine rings is 1. The van der Waals surface area contributed by atoms with Crippen molar-refractivity contribution in [2.45, 2.75) is 16.8 Å². The highest BCUT2D eigenvalue weighted by molar-refractivity contribution is 7.91. The Labute approximate surface area is 138 Å². The molecule has 0 amide bonds. The normalized spacial score (nSPS) is 18.7. The quantitative estimate of drug-likeness (QED) is 0.733. The smallest absolute Gasteiger partial charge is 0.253 e. The molecule has 4 rings (SSSR count). The lowest BCUT2D eigenvalue weighted by atomic mass is 10.0. The van der Waals surface area contributed by atoms with Crippen LogP contribution < -0.4 is 0 Å². The van der Waals surface area contributed by atoms with E-state index in [4.69, 9.17) is 0 Å². The molecule has 4 heterocycles. The van der Waals surface area contributed by atoms with Gasteiger partial charge in [-0.1, -0.05) is 6.07 Å². The van der Waals surface area contributed by atoms with Crippen LogP contribution in [0, 0.1) is 0 Å². The van der Waals surface area contributed by atoms with Gasteiger partial charge in [0.25, 0.3) is 10.0 Å². The minimum atomic E-state index is -3.52. The first-order valence-electron chi connectivity index (χ1n) is 7.28. The second-order valence-electron chi connectivity index (χ2n) is 5.36. The molecule has 0 spiro atoms. The van der Waals surface area contributed by atoms with Crippen molar-refractivity contribution in [3.05, 3.63) is 71.6 Å². The Hall–Kier alpha value is -1.96. The first-order valence-corrected chi connectivity index (χ1v) is 9.60. The Bertz CT molecular complexity index is 902. The van der Waals surface area contributed by atoms with Crippen LogP contribution in [0.25, 0.3) is 0 Å². The summed E-state index contributed by atoms with van der Waals surface area (Å²) >= 11 is 1.26. The number of nitrogens with zero attached hydrogens (tertiary/aromatic N) is 3. The van der Waals surface area contributed by atoms with Gasteiger partial charge in [-0.3, -0.25) is 4.98 Å². The van der Waals surface area contributed by atoms with Gasteiger partial charge in [-0.2, -0.15) is 4.31 Å². The molecule has 0 radical (unpaired) electrons. The summed E-state index contributed by atoms with van der Waals surface area (Å²) in [6, 6.07) is 10.8. The summed E-state index contributed by atoms with van der Waals surface area (Å²) in [4.78, 5) is 4.05. The molecule has 3 aromatic heterocycles. The number of fused-ring (bicyclic) bond motifs is 1. The van der Waals surface area contributed by atoms with Crippen molar-refractivity contribution in [2.24, 2.45) is 0 Å². The number of rotatable bonds is 3. The third-order valence-electron chi connectivity index (χ3n) is 4.07. The average molecular weight is 345 g/mol. The Morgan fingerprint density at radius 2 is 1.91 bits per heavy atom. The third-order valence-corrected chi connectivity index (χ3v) is 7.31. The lowest BCUT2D eigenvalue weighted by molar-refractivity contribution is 0.299. The minimum absolute atomic E-state index is 0.325. The molecule has 0 saturated heterocycles. The summed E-state index contributed by atoms with van der Waals surface area (Å²) in [7, 11) is -3.52. The second kappa shape index (κ2) is 5.59. The molecule has 1 aliphatic rings. The van der Waals surface area contributed by atoms with E-state index in [0.29, 0.717) is 17.3 Å². The zero-order valence-electron chi connectivity index (χ0n) is 12.2. The molecule has 1 atom stereocenters. The maximum absolute atomic E-state index is 13.1. The summed E-state index contributed by atoms with van der Waals surface area (Å²) in [5, 5.41) is 1.79. The SMILES string of the molecule is O=S(=O)(c1cccs1)N1CCn2cccc2C1c1ccncc1. The Kier molecular flexibility index (Phi) is 3.56. The number of sulfonamides is 1. The van der Waals surface area contributed by atoms with Crippen molar-refractivity contribution in [1.82, 2.24) is 13.9 Å². The van der Waals surface area contributed by atoms with E-state index >= 15 is 0 Å². The molecule has 1 aliphatic heterocycles. The molecule has 0 fully saturated rings. The van der Waals surface area contributed by atoms with E-state index in [-0.39, 0.29) is 6.04 Å². The molecule has 7 heteroatoms. The van der Waals surface area contributed by atoms with Crippen molar-refractivity contribution in [2.75, 3.05) is 6.54 Å². The summed E-state index contributed by atoms with van der Waals surface area (Å²) in [5.74, 6) is 0. The average Bonchev–Trinajstić information content (AvgIpc) is 3.26. The summed E-state index contributed by atoms with van der Waals surface area (Å²) in [6.45, 7) is 1.11. The van der Waals surface area contributed by atoms with Gasteiger partial charge in [0.15, 0.2) is 0 Å². The van der Waals surface area contributed by atoms with E-state index in [9.17, 15) is 8.42 Å². The number of thiophene rings is 1. The van der Waals surface area contributed by atoms with E-state index in [2.05, 4.69) is 9.55 Å². The highest BCUT2D eigenvalue weighted by Gasteiger charge is 2.37. The topological polar surface area (TPSA) is 55.2 Å². The van der Waals surface area contributed by atoms with Crippen molar-refractivity contribution < 1.29 is 8.42 Å². The van der Waals surface area contributed by atoms with Crippen molar-refractivity contribution in [3.63, 3.8) is 0 Å². The molecular weight excluding hydrogens is 330 g/mol. The zero-order valence-corrected chi connectivity index (χ0v) is 13.9. The highest BCUT2D eigenvalue weighted by Crippen LogP contribution is 2.37. The van der Waals surface area contributed by atoms with Gasteiger partial charge in [-0.05, 0) is 41.3 Å². The van der Waals surface area contributed by atoms with Gasteiger partial charge in [0.1, 0.15) is 4.21 Å². The summed E-state index contributed by atoms with van der Waals surface area (Å²) < 4.78 is 30.3. The number of hydrogen-bond donors (Lipinski definition) is 0. The van der Waals surface area contributed by atoms with Crippen LogP contribution >= 0.6 is 11.3 Å². The van der Waals surface area contributed by atoms with Crippen LogP contribution in [0.5, 0.6) is 0 Å². The molecule has 3 aromatic rings. The minimum Gasteiger partial charge on any atom is -0.348 e. The van der Waals surface area contributed by atoms with Crippen LogP contribution in [-0.4, -0.2) is 28.8 Å². The van der Waals surface area contributed by atoms with Gasteiger partial charge in [0, 0.05) is 37.4 Å². The number of hydrogen-bond acceptors (Lipinski definition) is 4. The zero-order chi connectivity index (χ0) is 15.9.